The van der Waals surface area contributed by atoms with Gasteiger partial charge in [-0.3, -0.25) is 24.5 Å². The molecule has 2 aromatic heterocycles. The first kappa shape index (κ1) is 24.6. The number of thioether (sulfide) groups is 1. The Bertz CT molecular complexity index is 1320. The van der Waals surface area contributed by atoms with E-state index in [2.05, 4.69) is 32.5 Å². The van der Waals surface area contributed by atoms with Gasteiger partial charge < -0.3 is 20.9 Å². The summed E-state index contributed by atoms with van der Waals surface area (Å²) in [4.78, 5) is 51.8. The lowest BCUT2D eigenvalue weighted by Crippen LogP contribution is -2.62. The van der Waals surface area contributed by atoms with E-state index in [0.29, 0.717) is 23.7 Å². The van der Waals surface area contributed by atoms with E-state index in [0.717, 1.165) is 42.8 Å². The number of amides is 4. The Morgan fingerprint density at radius 2 is 2.13 bits per heavy atom. The van der Waals surface area contributed by atoms with E-state index in [1.54, 1.807) is 23.5 Å². The third kappa shape index (κ3) is 4.45. The molecule has 4 atom stereocenters. The Balaban J connectivity index is 1.25. The second-order valence-corrected chi connectivity index (χ2v) is 11.0. The molecule has 0 spiro atoms. The average molecular weight is 532 g/mol. The summed E-state index contributed by atoms with van der Waals surface area (Å²) in [6.45, 7) is 5.43. The topological polar surface area (TPSA) is 120 Å². The predicted octanol–water partition coefficient (Wildman–Crippen LogP) is 2.23. The van der Waals surface area contributed by atoms with Gasteiger partial charge in [0.15, 0.2) is 0 Å². The first-order chi connectivity index (χ1) is 18.5. The number of aromatic nitrogens is 2. The minimum Gasteiger partial charge on any atom is -0.347 e. The molecule has 10 nitrogen and oxygen atoms in total. The van der Waals surface area contributed by atoms with Crippen molar-refractivity contribution in [3.8, 4) is 11.3 Å². The van der Waals surface area contributed by atoms with Crippen molar-refractivity contribution >= 4 is 35.3 Å². The fourth-order valence-corrected chi connectivity index (χ4v) is 7.24. The number of hydrogen-bond acceptors (Lipinski definition) is 7. The highest BCUT2D eigenvalue weighted by molar-refractivity contribution is 8.04. The van der Waals surface area contributed by atoms with Crippen LogP contribution in [0.25, 0.3) is 11.3 Å². The molecule has 4 aliphatic heterocycles. The molecule has 38 heavy (non-hydrogen) atoms. The molecule has 11 heteroatoms. The van der Waals surface area contributed by atoms with E-state index in [1.807, 2.05) is 29.2 Å². The maximum atomic E-state index is 13.5. The summed E-state index contributed by atoms with van der Waals surface area (Å²) in [5.41, 5.74) is 3.07. The second kappa shape index (κ2) is 10.2. The molecular formula is C27H29N7O3S. The smallest absolute Gasteiger partial charge is 0.326 e. The second-order valence-electron chi connectivity index (χ2n) is 9.86. The molecular weight excluding hydrogens is 502 g/mol. The lowest BCUT2D eigenvalue weighted by Gasteiger charge is -2.45. The number of carbonyl (C=O) groups is 3. The summed E-state index contributed by atoms with van der Waals surface area (Å²) in [6.07, 6.45) is 8.86. The Kier molecular flexibility index (Phi) is 6.62. The first-order valence-electron chi connectivity index (χ1n) is 12.9. The van der Waals surface area contributed by atoms with Crippen molar-refractivity contribution in [3.63, 3.8) is 0 Å². The number of carbonyl (C=O) groups excluding carboxylic acids is 3. The highest BCUT2D eigenvalue weighted by Gasteiger charge is 2.51. The number of nitrogens with one attached hydrogen (secondary N) is 3. The van der Waals surface area contributed by atoms with Crippen LogP contribution in [0, 0.1) is 5.92 Å². The van der Waals surface area contributed by atoms with Crippen LogP contribution in [0.2, 0.25) is 0 Å². The lowest BCUT2D eigenvalue weighted by atomic mass is 9.86. The summed E-state index contributed by atoms with van der Waals surface area (Å²) >= 11 is 1.48. The van der Waals surface area contributed by atoms with Gasteiger partial charge in [0, 0.05) is 60.6 Å². The normalized spacial score (nSPS) is 26.5. The van der Waals surface area contributed by atoms with Crippen LogP contribution in [-0.2, 0) is 9.59 Å². The van der Waals surface area contributed by atoms with Crippen molar-refractivity contribution < 1.29 is 14.4 Å². The van der Waals surface area contributed by atoms with Gasteiger partial charge in [-0.2, -0.15) is 0 Å². The molecule has 4 amide bonds. The Morgan fingerprint density at radius 1 is 1.24 bits per heavy atom. The van der Waals surface area contributed by atoms with Crippen LogP contribution in [0.15, 0.2) is 66.1 Å². The van der Waals surface area contributed by atoms with Crippen LogP contribution in [0.4, 0.5) is 10.5 Å². The average Bonchev–Trinajstić information content (AvgIpc) is 3.33. The molecule has 0 bridgehead atoms. The molecule has 6 heterocycles. The van der Waals surface area contributed by atoms with Crippen molar-refractivity contribution in [2.75, 3.05) is 24.5 Å². The van der Waals surface area contributed by atoms with Gasteiger partial charge >= 0.3 is 6.03 Å². The highest BCUT2D eigenvalue weighted by Crippen LogP contribution is 2.48. The van der Waals surface area contributed by atoms with Gasteiger partial charge in [-0.05, 0) is 56.1 Å². The number of likely N-dealkylation sites (tertiary alicyclic amines) is 1. The number of urea groups is 1. The van der Waals surface area contributed by atoms with Gasteiger partial charge in [0.1, 0.15) is 0 Å². The Labute approximate surface area is 225 Å². The van der Waals surface area contributed by atoms with Crippen LogP contribution in [0.1, 0.15) is 19.3 Å². The highest BCUT2D eigenvalue weighted by atomic mass is 32.2. The quantitative estimate of drug-likeness (QED) is 0.506. The third-order valence-electron chi connectivity index (χ3n) is 7.57. The maximum absolute atomic E-state index is 13.5. The van der Waals surface area contributed by atoms with Crippen molar-refractivity contribution in [1.29, 1.82) is 0 Å². The molecule has 3 fully saturated rings. The largest absolute Gasteiger partial charge is 0.347 e. The zero-order valence-corrected chi connectivity index (χ0v) is 21.6. The molecule has 2 aromatic rings. The molecule has 4 aliphatic rings. The van der Waals surface area contributed by atoms with Crippen LogP contribution in [0.5, 0.6) is 0 Å². The number of pyridine rings is 2. The first-order valence-corrected chi connectivity index (χ1v) is 13.7. The summed E-state index contributed by atoms with van der Waals surface area (Å²) in [5.74, 6) is -0.372. The molecule has 3 saturated heterocycles. The molecule has 0 saturated carbocycles. The number of anilines is 1. The molecule has 3 N–H and O–H groups in total. The summed E-state index contributed by atoms with van der Waals surface area (Å²) < 4.78 is 0. The van der Waals surface area contributed by atoms with E-state index in [4.69, 9.17) is 0 Å². The molecule has 6 rings (SSSR count). The van der Waals surface area contributed by atoms with Crippen LogP contribution < -0.4 is 20.9 Å². The van der Waals surface area contributed by atoms with Crippen LogP contribution in [0.3, 0.4) is 0 Å². The summed E-state index contributed by atoms with van der Waals surface area (Å²) in [5, 5.41) is 9.68. The van der Waals surface area contributed by atoms with Gasteiger partial charge in [0.2, 0.25) is 5.91 Å². The van der Waals surface area contributed by atoms with E-state index in [1.165, 1.54) is 17.8 Å². The molecule has 0 aromatic carbocycles. The SMILES string of the molecule is C=CC(=O)N1CCC[C@@H](NC(=O)C2=C3NC(=O)N(c4ccnc(-c5cccnc5)c4)C4CCNC(S2)C34)C1. The number of rotatable bonds is 5. The Hall–Kier alpha value is -3.70. The van der Waals surface area contributed by atoms with Gasteiger partial charge in [-0.25, -0.2) is 4.79 Å². The van der Waals surface area contributed by atoms with Gasteiger partial charge in [-0.15, -0.1) is 0 Å². The Morgan fingerprint density at radius 3 is 2.95 bits per heavy atom. The van der Waals surface area contributed by atoms with Crippen molar-refractivity contribution in [3.05, 3.63) is 66.1 Å². The number of piperidine rings is 2. The number of hydrogen-bond donors (Lipinski definition) is 3. The van der Waals surface area contributed by atoms with E-state index in [-0.39, 0.29) is 41.2 Å². The zero-order valence-electron chi connectivity index (χ0n) is 20.8. The summed E-state index contributed by atoms with van der Waals surface area (Å²) in [7, 11) is 0. The summed E-state index contributed by atoms with van der Waals surface area (Å²) in [6, 6.07) is 7.07. The van der Waals surface area contributed by atoms with E-state index < -0.39 is 0 Å². The van der Waals surface area contributed by atoms with E-state index >= 15 is 0 Å². The zero-order chi connectivity index (χ0) is 26.2. The van der Waals surface area contributed by atoms with Gasteiger partial charge in [0.05, 0.1) is 22.0 Å². The van der Waals surface area contributed by atoms with Crippen LogP contribution in [-0.4, -0.2) is 69.8 Å². The molecule has 196 valence electrons. The fraction of sp³-hybridized carbons (Fsp3) is 0.370. The minimum absolute atomic E-state index is 0.0163. The lowest BCUT2D eigenvalue weighted by molar-refractivity contribution is -0.128. The van der Waals surface area contributed by atoms with Gasteiger partial charge in [0.25, 0.3) is 5.91 Å². The van der Waals surface area contributed by atoms with E-state index in [9.17, 15) is 14.4 Å². The van der Waals surface area contributed by atoms with Crippen molar-refractivity contribution in [1.82, 2.24) is 30.8 Å². The van der Waals surface area contributed by atoms with Crippen molar-refractivity contribution in [2.45, 2.75) is 36.7 Å². The predicted molar refractivity (Wildman–Crippen MR) is 145 cm³/mol. The molecule has 0 radical (unpaired) electrons. The maximum Gasteiger partial charge on any atom is 0.326 e. The van der Waals surface area contributed by atoms with Gasteiger partial charge in [-0.1, -0.05) is 18.3 Å². The third-order valence-corrected chi connectivity index (χ3v) is 8.92. The standard InChI is InChI=1S/C27H29N7O3S/c1-2-21(35)33-12-4-6-17(15-33)31-25(36)24-23-22-20(8-11-30-26(22)38-24)34(27(37)32-23)18-7-10-29-19(13-18)16-5-3-9-28-14-16/h2-3,5,7,9-10,13-14,17,20,22,26,30H,1,4,6,8,11-12,15H2,(H,31,36)(H,32,37)/t17-,20?,22?,26?/m1/s1. The molecule has 3 unspecified atom stereocenters. The van der Waals surface area contributed by atoms with Crippen LogP contribution >= 0.6 is 11.8 Å². The fourth-order valence-electron chi connectivity index (χ4n) is 5.84. The minimum atomic E-state index is -0.251. The number of nitrogens with zero attached hydrogens (tertiary/aromatic N) is 4. The monoisotopic (exact) mass is 531 g/mol. The molecule has 0 aliphatic carbocycles. The van der Waals surface area contributed by atoms with Crippen molar-refractivity contribution in [2.24, 2.45) is 5.92 Å².